The number of rotatable bonds is 3. The van der Waals surface area contributed by atoms with Gasteiger partial charge in [0.2, 0.25) is 0 Å². The summed E-state index contributed by atoms with van der Waals surface area (Å²) in [6, 6.07) is 6.47. The van der Waals surface area contributed by atoms with Crippen molar-refractivity contribution in [2.45, 2.75) is 19.3 Å². The summed E-state index contributed by atoms with van der Waals surface area (Å²) in [7, 11) is 1.41. The highest BCUT2D eigenvalue weighted by Crippen LogP contribution is 2.44. The summed E-state index contributed by atoms with van der Waals surface area (Å²) in [5.74, 6) is 0.0587. The monoisotopic (exact) mass is 434 g/mol. The Hall–Kier alpha value is -3.81. The molecule has 7 nitrogen and oxygen atoms in total. The van der Waals surface area contributed by atoms with Crippen LogP contribution in [0.2, 0.25) is 0 Å². The zero-order valence-corrected chi connectivity index (χ0v) is 17.8. The molecule has 3 aromatic rings. The second-order valence-corrected chi connectivity index (χ2v) is 7.96. The summed E-state index contributed by atoms with van der Waals surface area (Å²) in [4.78, 5) is 20.7. The molecule has 2 bridgehead atoms. The van der Waals surface area contributed by atoms with E-state index >= 15 is 0 Å². The van der Waals surface area contributed by atoms with Gasteiger partial charge in [-0.05, 0) is 37.1 Å². The van der Waals surface area contributed by atoms with Crippen LogP contribution in [0.4, 0.5) is 15.8 Å². The van der Waals surface area contributed by atoms with E-state index in [0.717, 1.165) is 23.3 Å². The maximum atomic E-state index is 14.4. The predicted octanol–water partition coefficient (Wildman–Crippen LogP) is 4.52. The predicted molar refractivity (Wildman–Crippen MR) is 119 cm³/mol. The zero-order valence-electron chi connectivity index (χ0n) is 17.8. The van der Waals surface area contributed by atoms with E-state index in [1.165, 1.54) is 13.2 Å². The van der Waals surface area contributed by atoms with Crippen molar-refractivity contribution in [2.75, 3.05) is 25.6 Å². The van der Waals surface area contributed by atoms with Crippen LogP contribution < -0.4 is 20.1 Å². The fraction of sp³-hybridized carbons (Fsp3) is 0.250. The Balaban J connectivity index is 1.75. The van der Waals surface area contributed by atoms with Crippen molar-refractivity contribution in [3.05, 3.63) is 65.4 Å². The molecule has 32 heavy (non-hydrogen) atoms. The lowest BCUT2D eigenvalue weighted by molar-refractivity contribution is 0.0941. The first kappa shape index (κ1) is 20.1. The van der Waals surface area contributed by atoms with Crippen LogP contribution in [0.15, 0.2) is 48.3 Å². The van der Waals surface area contributed by atoms with Crippen LogP contribution in [0.25, 0.3) is 11.3 Å². The second-order valence-electron chi connectivity index (χ2n) is 7.96. The van der Waals surface area contributed by atoms with Gasteiger partial charge in [-0.15, -0.1) is 0 Å². The number of halogens is 1. The maximum Gasteiger partial charge on any atom is 0.255 e. The molecule has 4 heterocycles. The number of hydrogen-bond acceptors (Lipinski definition) is 5. The fourth-order valence-electron chi connectivity index (χ4n) is 4.24. The van der Waals surface area contributed by atoms with Crippen LogP contribution in [0.1, 0.15) is 35.3 Å². The topological polar surface area (TPSA) is 88.3 Å². The van der Waals surface area contributed by atoms with Gasteiger partial charge in [-0.3, -0.25) is 9.78 Å². The van der Waals surface area contributed by atoms with Crippen molar-refractivity contribution in [3.8, 4) is 22.8 Å². The van der Waals surface area contributed by atoms with Gasteiger partial charge < -0.3 is 25.1 Å². The van der Waals surface area contributed by atoms with Gasteiger partial charge >= 0.3 is 0 Å². The molecule has 0 spiro atoms. The number of para-hydroxylation sites is 1. The highest BCUT2D eigenvalue weighted by atomic mass is 19.1. The molecule has 0 saturated heterocycles. The maximum absolute atomic E-state index is 14.4. The number of fused-ring (bicyclic) bond motifs is 3. The Kier molecular flexibility index (Phi) is 5.05. The molecule has 8 heteroatoms. The molecular formula is C24H23FN4O3. The van der Waals surface area contributed by atoms with E-state index in [1.807, 2.05) is 13.0 Å². The van der Waals surface area contributed by atoms with Crippen molar-refractivity contribution in [1.29, 1.82) is 0 Å². The van der Waals surface area contributed by atoms with Gasteiger partial charge in [-0.2, -0.15) is 0 Å². The summed E-state index contributed by atoms with van der Waals surface area (Å²) in [5, 5.41) is 6.26. The number of nitrogens with zero attached hydrogens (tertiary/aromatic N) is 1. The first-order valence-corrected chi connectivity index (χ1v) is 10.4. The lowest BCUT2D eigenvalue weighted by atomic mass is 9.92. The number of hydrogen-bond donors (Lipinski definition) is 3. The number of aromatic nitrogens is 2. The molecule has 3 N–H and O–H groups in total. The molecule has 1 amide bonds. The van der Waals surface area contributed by atoms with E-state index in [4.69, 9.17) is 9.47 Å². The third-order valence-electron chi connectivity index (χ3n) is 5.86. The molecule has 0 aliphatic carbocycles. The Morgan fingerprint density at radius 3 is 3.03 bits per heavy atom. The molecule has 164 valence electrons. The van der Waals surface area contributed by atoms with Crippen molar-refractivity contribution < 1.29 is 18.7 Å². The Morgan fingerprint density at radius 2 is 2.19 bits per heavy atom. The average Bonchev–Trinajstić information content (AvgIpc) is 3.16. The van der Waals surface area contributed by atoms with E-state index in [0.29, 0.717) is 41.5 Å². The number of ether oxygens (including phenoxy) is 2. The molecule has 2 aliphatic rings. The number of aromatic amines is 1. The Bertz CT molecular complexity index is 1230. The van der Waals surface area contributed by atoms with Crippen LogP contribution in [0.3, 0.4) is 0 Å². The van der Waals surface area contributed by atoms with E-state index in [2.05, 4.69) is 26.7 Å². The summed E-state index contributed by atoms with van der Waals surface area (Å²) in [6.07, 6.45) is 6.22. The molecule has 0 saturated carbocycles. The van der Waals surface area contributed by atoms with Crippen molar-refractivity contribution in [3.63, 3.8) is 0 Å². The lowest BCUT2D eigenvalue weighted by Crippen LogP contribution is -2.35. The number of carbonyl (C=O) groups excluding carboxylic acids is 1. The molecule has 0 radical (unpaired) electrons. The van der Waals surface area contributed by atoms with E-state index in [-0.39, 0.29) is 17.6 Å². The van der Waals surface area contributed by atoms with Crippen LogP contribution in [0.5, 0.6) is 11.5 Å². The number of anilines is 2. The Morgan fingerprint density at radius 1 is 1.31 bits per heavy atom. The van der Waals surface area contributed by atoms with Crippen molar-refractivity contribution in [1.82, 2.24) is 15.3 Å². The number of allylic oxidation sites excluding steroid dienone is 1. The largest absolute Gasteiger partial charge is 0.492 e. The molecule has 5 rings (SSSR count). The fourth-order valence-corrected chi connectivity index (χ4v) is 4.24. The molecule has 0 fully saturated rings. The zero-order chi connectivity index (χ0) is 22.2. The standard InChI is InChI=1S/C24H23FN4O3/c1-13-6-7-14-10-27-24(30)19-20(14)29-21(15-8-9-26-11-18(15)32-12-13)22(19)28-17-5-3-4-16(25)23(17)31-2/h3-6,8-9,11,14,28-29H,7,10,12H2,1-2H3,(H,27,30). The quantitative estimate of drug-likeness (QED) is 0.528. The highest BCUT2D eigenvalue weighted by molar-refractivity contribution is 6.07. The van der Waals surface area contributed by atoms with E-state index in [9.17, 15) is 9.18 Å². The molecule has 1 atom stereocenters. The molecule has 2 aliphatic heterocycles. The van der Waals surface area contributed by atoms with Crippen molar-refractivity contribution >= 4 is 17.3 Å². The summed E-state index contributed by atoms with van der Waals surface area (Å²) in [5.41, 5.74) is 4.86. The number of nitrogens with one attached hydrogen (secondary N) is 3. The molecule has 1 unspecified atom stereocenters. The number of carbonyl (C=O) groups is 1. The third kappa shape index (κ3) is 3.37. The van der Waals surface area contributed by atoms with Gasteiger partial charge in [0.1, 0.15) is 12.4 Å². The van der Waals surface area contributed by atoms with Crippen LogP contribution in [0, 0.1) is 5.82 Å². The number of amides is 1. The average molecular weight is 434 g/mol. The SMILES string of the molecule is COc1c(F)cccc1Nc1c2[nH]c3c1C(=O)NCC3CC=C(C)COc1cnccc1-2. The van der Waals surface area contributed by atoms with Crippen molar-refractivity contribution in [2.24, 2.45) is 0 Å². The minimum Gasteiger partial charge on any atom is -0.492 e. The normalized spacial score (nSPS) is 17.3. The van der Waals surface area contributed by atoms with Gasteiger partial charge in [0.15, 0.2) is 11.6 Å². The molecule has 2 aromatic heterocycles. The smallest absolute Gasteiger partial charge is 0.255 e. The number of H-pyrrole nitrogens is 1. The minimum atomic E-state index is -0.492. The molecule has 1 aromatic carbocycles. The third-order valence-corrected chi connectivity index (χ3v) is 5.86. The Labute approximate surface area is 184 Å². The van der Waals surface area contributed by atoms with Crippen LogP contribution >= 0.6 is 0 Å². The first-order valence-electron chi connectivity index (χ1n) is 10.4. The van der Waals surface area contributed by atoms with E-state index in [1.54, 1.807) is 24.5 Å². The first-order chi connectivity index (χ1) is 15.6. The number of pyridine rings is 1. The van der Waals surface area contributed by atoms with Gasteiger partial charge in [0.05, 0.1) is 35.9 Å². The van der Waals surface area contributed by atoms with Gasteiger partial charge in [-0.1, -0.05) is 12.1 Å². The highest BCUT2D eigenvalue weighted by Gasteiger charge is 2.33. The van der Waals surface area contributed by atoms with E-state index < -0.39 is 5.82 Å². The summed E-state index contributed by atoms with van der Waals surface area (Å²) in [6.45, 7) is 3.00. The van der Waals surface area contributed by atoms with Crippen LogP contribution in [-0.2, 0) is 0 Å². The van der Waals surface area contributed by atoms with Gasteiger partial charge in [-0.25, -0.2) is 4.39 Å². The lowest BCUT2D eigenvalue weighted by Gasteiger charge is -2.23. The second kappa shape index (κ2) is 8.03. The van der Waals surface area contributed by atoms with Gasteiger partial charge in [0.25, 0.3) is 5.91 Å². The summed E-state index contributed by atoms with van der Waals surface area (Å²) >= 11 is 0. The van der Waals surface area contributed by atoms with Gasteiger partial charge in [0, 0.05) is 29.9 Å². The molecular weight excluding hydrogens is 411 g/mol. The number of benzene rings is 1. The minimum absolute atomic E-state index is 0.0738. The summed E-state index contributed by atoms with van der Waals surface area (Å²) < 4.78 is 25.7. The number of methoxy groups -OCH3 is 1. The van der Waals surface area contributed by atoms with Crippen LogP contribution in [-0.4, -0.2) is 36.1 Å².